The maximum atomic E-state index is 6.35. The number of benzene rings is 2. The fraction of sp³-hybridized carbons (Fsp3) is 0.571. The van der Waals surface area contributed by atoms with Gasteiger partial charge in [-0.15, -0.1) is 0 Å². The fourth-order valence-electron chi connectivity index (χ4n) is 5.84. The molecule has 2 aromatic carbocycles. The molecule has 3 aromatic rings. The van der Waals surface area contributed by atoms with E-state index in [0.29, 0.717) is 6.61 Å². The van der Waals surface area contributed by atoms with Gasteiger partial charge in [-0.25, -0.2) is 0 Å². The number of hydrogen-bond donors (Lipinski definition) is 0. The van der Waals surface area contributed by atoms with Crippen LogP contribution in [0.3, 0.4) is 0 Å². The molecular formula is C35H50ClNO4. The topological polar surface area (TPSA) is 40.8 Å². The molecule has 5 nitrogen and oxygen atoms in total. The van der Waals surface area contributed by atoms with Crippen LogP contribution in [0, 0.1) is 0 Å². The highest BCUT2D eigenvalue weighted by Gasteiger charge is 2.31. The van der Waals surface area contributed by atoms with Crippen molar-refractivity contribution in [3.8, 4) is 34.3 Å². The van der Waals surface area contributed by atoms with E-state index in [2.05, 4.69) is 55.8 Å². The van der Waals surface area contributed by atoms with Crippen molar-refractivity contribution in [1.82, 2.24) is 0 Å². The molecule has 0 radical (unpaired) electrons. The molecule has 6 heteroatoms. The molecule has 0 atom stereocenters. The van der Waals surface area contributed by atoms with E-state index in [1.54, 1.807) is 14.2 Å². The lowest BCUT2D eigenvalue weighted by Crippen LogP contribution is -3.00. The minimum Gasteiger partial charge on any atom is -1.00 e. The standard InChI is InChI=1S/C35H50NO4.ClH/c1-6-9-12-13-14-15-16-28-27-17-18-31(37-4)35(38-5)30(27)25-36-20-19-26-23-32(39-21-10-7-2)33(40-22-11-8-3)24-29(26)34(28)36;/h17-18,23-25H,6-16,19-22H2,1-5H3;1H/q+1;/p-1. The van der Waals surface area contributed by atoms with E-state index < -0.39 is 0 Å². The molecule has 0 N–H and O–H groups in total. The van der Waals surface area contributed by atoms with E-state index in [1.807, 2.05) is 0 Å². The molecule has 1 aliphatic rings. The molecule has 0 spiro atoms. The molecule has 1 aliphatic heterocycles. The largest absolute Gasteiger partial charge is 1.00 e. The Morgan fingerprint density at radius 1 is 0.707 bits per heavy atom. The van der Waals surface area contributed by atoms with Gasteiger partial charge in [0.15, 0.2) is 35.7 Å². The number of nitrogens with zero attached hydrogens (tertiary/aromatic N) is 1. The van der Waals surface area contributed by atoms with Crippen LogP contribution in [-0.2, 0) is 19.4 Å². The molecule has 0 fully saturated rings. The van der Waals surface area contributed by atoms with Crippen molar-refractivity contribution in [2.24, 2.45) is 0 Å². The third-order valence-corrected chi connectivity index (χ3v) is 8.11. The van der Waals surface area contributed by atoms with Gasteiger partial charge in [0, 0.05) is 17.4 Å². The number of aryl methyl sites for hydroxylation is 3. The van der Waals surface area contributed by atoms with Gasteiger partial charge in [-0.3, -0.25) is 0 Å². The molecule has 0 unspecified atom stereocenters. The first-order valence-electron chi connectivity index (χ1n) is 15.7. The SMILES string of the molecule is CCCCCCCCc1c2[n+](cc3c(OC)c(OC)ccc13)CCc1cc(OCCCC)c(OCCCC)cc1-2.[Cl-]. The number of halogens is 1. The highest BCUT2D eigenvalue weighted by Crippen LogP contribution is 2.43. The zero-order chi connectivity index (χ0) is 28.3. The number of rotatable bonds is 17. The van der Waals surface area contributed by atoms with Gasteiger partial charge in [-0.2, -0.15) is 4.57 Å². The van der Waals surface area contributed by atoms with E-state index in [9.17, 15) is 0 Å². The summed E-state index contributed by atoms with van der Waals surface area (Å²) in [6.45, 7) is 9.03. The Balaban J connectivity index is 0.00000462. The maximum absolute atomic E-state index is 6.35. The zero-order valence-electron chi connectivity index (χ0n) is 26.0. The van der Waals surface area contributed by atoms with Crippen molar-refractivity contribution < 1.29 is 35.9 Å². The van der Waals surface area contributed by atoms with E-state index in [1.165, 1.54) is 66.3 Å². The lowest BCUT2D eigenvalue weighted by atomic mass is 9.89. The summed E-state index contributed by atoms with van der Waals surface area (Å²) in [5.41, 5.74) is 5.33. The molecule has 1 aromatic heterocycles. The highest BCUT2D eigenvalue weighted by atomic mass is 35.5. The summed E-state index contributed by atoms with van der Waals surface area (Å²) in [5.74, 6) is 3.35. The quantitative estimate of drug-likeness (QED) is 0.152. The van der Waals surface area contributed by atoms with Gasteiger partial charge in [0.1, 0.15) is 0 Å². The first kappa shape index (κ1) is 32.8. The number of aromatic nitrogens is 1. The van der Waals surface area contributed by atoms with E-state index in [0.717, 1.165) is 80.1 Å². The maximum Gasteiger partial charge on any atom is 0.216 e. The van der Waals surface area contributed by atoms with Crippen molar-refractivity contribution >= 4 is 10.8 Å². The smallest absolute Gasteiger partial charge is 0.216 e. The monoisotopic (exact) mass is 583 g/mol. The van der Waals surface area contributed by atoms with Crippen LogP contribution in [0.2, 0.25) is 0 Å². The Labute approximate surface area is 254 Å². The van der Waals surface area contributed by atoms with Gasteiger partial charge < -0.3 is 31.4 Å². The summed E-state index contributed by atoms with van der Waals surface area (Å²) in [7, 11) is 3.45. The molecule has 0 aliphatic carbocycles. The van der Waals surface area contributed by atoms with Gasteiger partial charge in [-0.1, -0.05) is 65.7 Å². The van der Waals surface area contributed by atoms with Crippen LogP contribution in [0.5, 0.6) is 23.0 Å². The number of ether oxygens (including phenoxy) is 4. The second-order valence-corrected chi connectivity index (χ2v) is 11.0. The first-order valence-corrected chi connectivity index (χ1v) is 15.7. The van der Waals surface area contributed by atoms with Gasteiger partial charge in [0.05, 0.1) is 38.4 Å². The second kappa shape index (κ2) is 16.7. The van der Waals surface area contributed by atoms with Crippen LogP contribution in [0.1, 0.15) is 96.1 Å². The highest BCUT2D eigenvalue weighted by molar-refractivity contribution is 5.95. The summed E-state index contributed by atoms with van der Waals surface area (Å²) >= 11 is 0. The number of pyridine rings is 1. The molecule has 0 saturated carbocycles. The van der Waals surface area contributed by atoms with E-state index in [-0.39, 0.29) is 12.4 Å². The minimum atomic E-state index is 0. The normalized spacial score (nSPS) is 11.9. The molecule has 226 valence electrons. The molecule has 0 bridgehead atoms. The van der Waals surface area contributed by atoms with Gasteiger partial charge in [-0.05, 0) is 55.5 Å². The lowest BCUT2D eigenvalue weighted by molar-refractivity contribution is -0.686. The summed E-state index contributed by atoms with van der Waals surface area (Å²) < 4.78 is 26.6. The summed E-state index contributed by atoms with van der Waals surface area (Å²) in [6, 6.07) is 8.79. The summed E-state index contributed by atoms with van der Waals surface area (Å²) in [4.78, 5) is 0. The molecule has 41 heavy (non-hydrogen) atoms. The van der Waals surface area contributed by atoms with Crippen molar-refractivity contribution in [1.29, 1.82) is 0 Å². The summed E-state index contributed by atoms with van der Waals surface area (Å²) in [6.07, 6.45) is 16.2. The Morgan fingerprint density at radius 3 is 2.02 bits per heavy atom. The molecule has 0 saturated heterocycles. The average molecular weight is 584 g/mol. The Kier molecular flexibility index (Phi) is 13.4. The van der Waals surface area contributed by atoms with Crippen LogP contribution in [-0.4, -0.2) is 27.4 Å². The van der Waals surface area contributed by atoms with E-state index >= 15 is 0 Å². The number of unbranched alkanes of at least 4 members (excludes halogenated alkanes) is 7. The predicted octanol–water partition coefficient (Wildman–Crippen LogP) is 5.63. The van der Waals surface area contributed by atoms with Crippen LogP contribution in [0.15, 0.2) is 30.5 Å². The van der Waals surface area contributed by atoms with Crippen molar-refractivity contribution in [3.63, 3.8) is 0 Å². The minimum absolute atomic E-state index is 0. The Bertz CT molecular complexity index is 1260. The lowest BCUT2D eigenvalue weighted by Gasteiger charge is -2.23. The van der Waals surface area contributed by atoms with Crippen molar-refractivity contribution in [2.75, 3.05) is 27.4 Å². The van der Waals surface area contributed by atoms with Crippen LogP contribution < -0.4 is 35.9 Å². The second-order valence-electron chi connectivity index (χ2n) is 11.0. The number of methoxy groups -OCH3 is 2. The third kappa shape index (κ3) is 7.80. The van der Waals surface area contributed by atoms with Gasteiger partial charge >= 0.3 is 0 Å². The van der Waals surface area contributed by atoms with Crippen LogP contribution in [0.25, 0.3) is 22.0 Å². The van der Waals surface area contributed by atoms with Gasteiger partial charge in [0.2, 0.25) is 5.69 Å². The number of hydrogen-bond acceptors (Lipinski definition) is 4. The van der Waals surface area contributed by atoms with E-state index in [4.69, 9.17) is 18.9 Å². The molecule has 4 rings (SSSR count). The Morgan fingerprint density at radius 2 is 1.37 bits per heavy atom. The van der Waals surface area contributed by atoms with Gasteiger partial charge in [0.25, 0.3) is 0 Å². The molecule has 0 amide bonds. The summed E-state index contributed by atoms with van der Waals surface area (Å²) in [5, 5.41) is 2.37. The zero-order valence-corrected chi connectivity index (χ0v) is 26.7. The fourth-order valence-corrected chi connectivity index (χ4v) is 5.84. The molecule has 2 heterocycles. The molecular weight excluding hydrogens is 534 g/mol. The van der Waals surface area contributed by atoms with Crippen molar-refractivity contribution in [2.45, 2.75) is 104 Å². The van der Waals surface area contributed by atoms with Crippen LogP contribution >= 0.6 is 0 Å². The third-order valence-electron chi connectivity index (χ3n) is 8.11. The number of fused-ring (bicyclic) bond motifs is 4. The Hall–Kier alpha value is -2.66. The average Bonchev–Trinajstić information content (AvgIpc) is 2.98. The van der Waals surface area contributed by atoms with Crippen molar-refractivity contribution in [3.05, 3.63) is 41.6 Å². The predicted molar refractivity (Wildman–Crippen MR) is 164 cm³/mol. The first-order chi connectivity index (χ1) is 19.7. The van der Waals surface area contributed by atoms with Crippen LogP contribution in [0.4, 0.5) is 0 Å².